The molecule has 12 heavy (non-hydrogen) atoms. The minimum atomic E-state index is 0.857. The van der Waals surface area contributed by atoms with Gasteiger partial charge in [0.1, 0.15) is 6.29 Å². The number of aldehydes is 1. The highest BCUT2D eigenvalue weighted by Crippen LogP contribution is 2.07. The van der Waals surface area contributed by atoms with Gasteiger partial charge in [0.2, 0.25) is 0 Å². The van der Waals surface area contributed by atoms with Crippen LogP contribution in [0, 0.1) is 0 Å². The maximum atomic E-state index is 10.1. The van der Waals surface area contributed by atoms with Crippen LogP contribution in [0.4, 0.5) is 0 Å². The van der Waals surface area contributed by atoms with Crippen LogP contribution >= 0.6 is 0 Å². The van der Waals surface area contributed by atoms with Crippen molar-refractivity contribution in [3.8, 4) is 0 Å². The van der Waals surface area contributed by atoms with Gasteiger partial charge in [0.25, 0.3) is 0 Å². The van der Waals surface area contributed by atoms with Gasteiger partial charge < -0.3 is 0 Å². The molecule has 0 bridgehead atoms. The number of carbonyl (C=O) groups excluding carboxylic acids is 1. The van der Waals surface area contributed by atoms with Gasteiger partial charge in [-0.1, -0.05) is 17.2 Å². The summed E-state index contributed by atoms with van der Waals surface area (Å²) < 4.78 is 0. The van der Waals surface area contributed by atoms with Gasteiger partial charge in [-0.15, -0.1) is 0 Å². The number of carbonyl (C=O) groups is 1. The van der Waals surface area contributed by atoms with Gasteiger partial charge in [-0.3, -0.25) is 4.79 Å². The van der Waals surface area contributed by atoms with Crippen LogP contribution in [0.15, 0.2) is 23.3 Å². The first-order chi connectivity index (χ1) is 5.66. The third-order valence-electron chi connectivity index (χ3n) is 1.68. The van der Waals surface area contributed by atoms with Gasteiger partial charge in [-0.05, 0) is 46.1 Å². The molecule has 1 heteroatoms. The molecule has 0 aromatic rings. The molecule has 68 valence electrons. The quantitative estimate of drug-likeness (QED) is 0.265. The monoisotopic (exact) mass is 166 g/mol. The highest BCUT2D eigenvalue weighted by Gasteiger charge is 1.88. The zero-order valence-electron chi connectivity index (χ0n) is 8.26. The van der Waals surface area contributed by atoms with E-state index in [1.807, 2.05) is 6.92 Å². The molecule has 1 nitrogen and oxygen atoms in total. The molecule has 0 saturated heterocycles. The summed E-state index contributed by atoms with van der Waals surface area (Å²) in [5.41, 5.74) is 2.54. The lowest BCUT2D eigenvalue weighted by atomic mass is 10.1. The molecule has 0 aliphatic carbocycles. The summed E-state index contributed by atoms with van der Waals surface area (Å²) in [5.74, 6) is 0. The van der Waals surface area contributed by atoms with Crippen molar-refractivity contribution in [3.63, 3.8) is 0 Å². The topological polar surface area (TPSA) is 17.1 Å². The molecule has 0 spiro atoms. The standard InChI is InChI=1S/C11H18O/c1-10(2)6-4-5-7-11(3)8-9-12/h6,8-9H,4-5,7H2,1-3H3. The molecular weight excluding hydrogens is 148 g/mol. The minimum absolute atomic E-state index is 0.857. The smallest absolute Gasteiger partial charge is 0.142 e. The van der Waals surface area contributed by atoms with Gasteiger partial charge in [0.05, 0.1) is 0 Å². The molecular formula is C11H18O. The predicted molar refractivity (Wildman–Crippen MR) is 53.1 cm³/mol. The van der Waals surface area contributed by atoms with Crippen LogP contribution in [0.3, 0.4) is 0 Å². The lowest BCUT2D eigenvalue weighted by Gasteiger charge is -1.96. The molecule has 0 aliphatic rings. The molecule has 0 aromatic carbocycles. The third kappa shape index (κ3) is 7.26. The van der Waals surface area contributed by atoms with E-state index >= 15 is 0 Å². The van der Waals surface area contributed by atoms with Crippen molar-refractivity contribution < 1.29 is 4.79 Å². The molecule has 0 aromatic heterocycles. The maximum Gasteiger partial charge on any atom is 0.142 e. The second kappa shape index (κ2) is 6.84. The van der Waals surface area contributed by atoms with E-state index in [4.69, 9.17) is 0 Å². The van der Waals surface area contributed by atoms with E-state index in [0.717, 1.165) is 25.5 Å². The summed E-state index contributed by atoms with van der Waals surface area (Å²) >= 11 is 0. The normalized spacial score (nSPS) is 11.1. The Hall–Kier alpha value is -0.850. The average Bonchev–Trinajstić information content (AvgIpc) is 1.98. The summed E-state index contributed by atoms with van der Waals surface area (Å²) in [5, 5.41) is 0. The number of hydrogen-bond acceptors (Lipinski definition) is 1. The van der Waals surface area contributed by atoms with Crippen LogP contribution in [0.25, 0.3) is 0 Å². The molecule has 0 heterocycles. The fourth-order valence-electron chi connectivity index (χ4n) is 0.971. The Kier molecular flexibility index (Phi) is 6.35. The molecule has 0 fully saturated rings. The van der Waals surface area contributed by atoms with Crippen molar-refractivity contribution >= 4 is 6.29 Å². The highest BCUT2D eigenvalue weighted by molar-refractivity contribution is 5.65. The molecule has 0 atom stereocenters. The van der Waals surface area contributed by atoms with Crippen molar-refractivity contribution in [2.45, 2.75) is 40.0 Å². The van der Waals surface area contributed by atoms with E-state index in [9.17, 15) is 4.79 Å². The number of allylic oxidation sites excluding steroid dienone is 4. The van der Waals surface area contributed by atoms with Gasteiger partial charge in [0, 0.05) is 0 Å². The number of rotatable bonds is 5. The minimum Gasteiger partial charge on any atom is -0.299 e. The summed E-state index contributed by atoms with van der Waals surface area (Å²) in [6.07, 6.45) is 8.02. The predicted octanol–water partition coefficient (Wildman–Crippen LogP) is 3.27. The average molecular weight is 166 g/mol. The largest absolute Gasteiger partial charge is 0.299 e. The van der Waals surface area contributed by atoms with E-state index in [1.165, 1.54) is 11.1 Å². The molecule has 0 rings (SSSR count). The van der Waals surface area contributed by atoms with E-state index in [-0.39, 0.29) is 0 Å². The lowest BCUT2D eigenvalue weighted by Crippen LogP contribution is -1.79. The summed E-state index contributed by atoms with van der Waals surface area (Å²) in [7, 11) is 0. The van der Waals surface area contributed by atoms with Crippen molar-refractivity contribution in [1.29, 1.82) is 0 Å². The second-order valence-electron chi connectivity index (χ2n) is 3.32. The molecule has 0 amide bonds. The van der Waals surface area contributed by atoms with Gasteiger partial charge >= 0.3 is 0 Å². The summed E-state index contributed by atoms with van der Waals surface area (Å²) in [4.78, 5) is 10.1. The first-order valence-electron chi connectivity index (χ1n) is 4.41. The van der Waals surface area contributed by atoms with Gasteiger partial charge in [-0.2, -0.15) is 0 Å². The highest BCUT2D eigenvalue weighted by atomic mass is 16.1. The third-order valence-corrected chi connectivity index (χ3v) is 1.68. The Morgan fingerprint density at radius 3 is 2.42 bits per heavy atom. The SMILES string of the molecule is CC(C)=CCCCC(C)=CC=O. The Morgan fingerprint density at radius 2 is 1.92 bits per heavy atom. The lowest BCUT2D eigenvalue weighted by molar-refractivity contribution is -0.104. The van der Waals surface area contributed by atoms with Crippen molar-refractivity contribution in [2.24, 2.45) is 0 Å². The van der Waals surface area contributed by atoms with Crippen LogP contribution in [-0.2, 0) is 4.79 Å². The van der Waals surface area contributed by atoms with Crippen molar-refractivity contribution in [2.75, 3.05) is 0 Å². The Bertz CT molecular complexity index is 183. The molecule has 0 aliphatic heterocycles. The Balaban J connectivity index is 3.50. The van der Waals surface area contributed by atoms with Crippen LogP contribution < -0.4 is 0 Å². The molecule has 0 saturated carbocycles. The van der Waals surface area contributed by atoms with E-state index in [1.54, 1.807) is 6.08 Å². The van der Waals surface area contributed by atoms with Gasteiger partial charge in [-0.25, -0.2) is 0 Å². The second-order valence-corrected chi connectivity index (χ2v) is 3.32. The van der Waals surface area contributed by atoms with Crippen LogP contribution in [0.1, 0.15) is 40.0 Å². The fourth-order valence-corrected chi connectivity index (χ4v) is 0.971. The first kappa shape index (κ1) is 11.2. The Labute approximate surface area is 75.2 Å². The fraction of sp³-hybridized carbons (Fsp3) is 0.545. The zero-order valence-corrected chi connectivity index (χ0v) is 8.26. The molecule has 0 N–H and O–H groups in total. The van der Waals surface area contributed by atoms with E-state index in [0.29, 0.717) is 0 Å². The maximum absolute atomic E-state index is 10.1. The first-order valence-corrected chi connectivity index (χ1v) is 4.41. The number of unbranched alkanes of at least 4 members (excludes halogenated alkanes) is 1. The molecule has 0 radical (unpaired) electrons. The van der Waals surface area contributed by atoms with Gasteiger partial charge in [0.15, 0.2) is 0 Å². The molecule has 0 unspecified atom stereocenters. The van der Waals surface area contributed by atoms with Crippen molar-refractivity contribution in [1.82, 2.24) is 0 Å². The van der Waals surface area contributed by atoms with E-state index < -0.39 is 0 Å². The van der Waals surface area contributed by atoms with Crippen LogP contribution in [0.2, 0.25) is 0 Å². The van der Waals surface area contributed by atoms with Crippen LogP contribution in [0.5, 0.6) is 0 Å². The summed E-state index contributed by atoms with van der Waals surface area (Å²) in [6, 6.07) is 0. The van der Waals surface area contributed by atoms with Crippen LogP contribution in [-0.4, -0.2) is 6.29 Å². The number of hydrogen-bond donors (Lipinski definition) is 0. The Morgan fingerprint density at radius 1 is 1.25 bits per heavy atom. The van der Waals surface area contributed by atoms with E-state index in [2.05, 4.69) is 19.9 Å². The van der Waals surface area contributed by atoms with Crippen molar-refractivity contribution in [3.05, 3.63) is 23.3 Å². The zero-order chi connectivity index (χ0) is 9.40. The summed E-state index contributed by atoms with van der Waals surface area (Å²) in [6.45, 7) is 6.21.